The molecule has 10 heteroatoms. The lowest BCUT2D eigenvalue weighted by Gasteiger charge is -2.19. The molecule has 1 aromatic carbocycles. The summed E-state index contributed by atoms with van der Waals surface area (Å²) in [5, 5.41) is 9.33. The maximum absolute atomic E-state index is 12.1. The molecular formula is C9H2Br4N2O4. The lowest BCUT2D eigenvalue weighted by atomic mass is 10.1. The van der Waals surface area contributed by atoms with Gasteiger partial charge in [0.1, 0.15) is 0 Å². The fourth-order valence-electron chi connectivity index (χ4n) is 1.53. The molecule has 1 N–H and O–H groups in total. The molecular weight excluding hydrogens is 520 g/mol. The molecule has 19 heavy (non-hydrogen) atoms. The zero-order chi connectivity index (χ0) is 14.5. The maximum Gasteiger partial charge on any atom is 0.437 e. The van der Waals surface area contributed by atoms with E-state index in [1.807, 2.05) is 0 Å². The first-order valence-corrected chi connectivity index (χ1v) is 7.61. The van der Waals surface area contributed by atoms with E-state index in [1.54, 1.807) is 0 Å². The van der Waals surface area contributed by atoms with Crippen molar-refractivity contribution in [3.05, 3.63) is 30.6 Å². The topological polar surface area (TPSA) is 77.9 Å². The fraction of sp³-hybridized carbons (Fsp3) is 0. The number of nitrogens with zero attached hydrogens (tertiary/aromatic N) is 2. The largest absolute Gasteiger partial charge is 0.463 e. The van der Waals surface area contributed by atoms with Gasteiger partial charge in [-0.2, -0.15) is 5.01 Å². The van der Waals surface area contributed by atoms with Crippen LogP contribution in [0, 0.1) is 0 Å². The number of hydrazine groups is 1. The van der Waals surface area contributed by atoms with Gasteiger partial charge >= 0.3 is 6.09 Å². The Morgan fingerprint density at radius 2 is 1.74 bits per heavy atom. The minimum atomic E-state index is -1.48. The highest BCUT2D eigenvalue weighted by Gasteiger charge is 2.43. The molecule has 0 atom stereocenters. The zero-order valence-electron chi connectivity index (χ0n) is 8.66. The maximum atomic E-state index is 12.1. The van der Waals surface area contributed by atoms with Crippen molar-refractivity contribution in [2.75, 3.05) is 0 Å². The minimum Gasteiger partial charge on any atom is -0.463 e. The van der Waals surface area contributed by atoms with Crippen molar-refractivity contribution in [3.8, 4) is 0 Å². The molecule has 1 heterocycles. The van der Waals surface area contributed by atoms with E-state index < -0.39 is 17.9 Å². The predicted molar refractivity (Wildman–Crippen MR) is 78.8 cm³/mol. The Morgan fingerprint density at radius 1 is 1.16 bits per heavy atom. The van der Waals surface area contributed by atoms with E-state index >= 15 is 0 Å². The molecule has 1 aliphatic rings. The Morgan fingerprint density at radius 3 is 2.26 bits per heavy atom. The van der Waals surface area contributed by atoms with Crippen LogP contribution in [0.5, 0.6) is 0 Å². The highest BCUT2D eigenvalue weighted by molar-refractivity contribution is 9.14. The molecule has 100 valence electrons. The molecule has 0 aliphatic carbocycles. The number of fused-ring (bicyclic) bond motifs is 1. The monoisotopic (exact) mass is 518 g/mol. The standard InChI is InChI=1S/C9H2Br4N2O4/c10-3-1-2-4(6(12)5(3)11)8(17)14(7(2)16)15(13)9(18)19/h1H,(H,18,19). The van der Waals surface area contributed by atoms with Crippen molar-refractivity contribution < 1.29 is 19.5 Å². The average Bonchev–Trinajstić information content (AvgIpc) is 2.58. The van der Waals surface area contributed by atoms with E-state index in [4.69, 9.17) is 5.11 Å². The van der Waals surface area contributed by atoms with Crippen molar-refractivity contribution in [2.45, 2.75) is 0 Å². The van der Waals surface area contributed by atoms with Gasteiger partial charge in [0, 0.05) is 13.4 Å². The van der Waals surface area contributed by atoms with Crippen LogP contribution in [0.1, 0.15) is 20.7 Å². The number of hydrogen-bond donors (Lipinski definition) is 1. The summed E-state index contributed by atoms with van der Waals surface area (Å²) >= 11 is 12.3. The first-order valence-electron chi connectivity index (χ1n) is 4.52. The number of carboxylic acid groups (broad SMARTS) is 1. The number of carbonyl (C=O) groups is 3. The van der Waals surface area contributed by atoms with Gasteiger partial charge in [-0.1, -0.05) is 0 Å². The van der Waals surface area contributed by atoms with Crippen LogP contribution in [0.4, 0.5) is 4.79 Å². The molecule has 0 saturated carbocycles. The van der Waals surface area contributed by atoms with Gasteiger partial charge < -0.3 is 5.11 Å². The van der Waals surface area contributed by atoms with Crippen molar-refractivity contribution in [3.63, 3.8) is 0 Å². The SMILES string of the molecule is O=C(O)N(Br)N1C(=O)c2cc(Br)c(Br)c(Br)c2C1=O. The summed E-state index contributed by atoms with van der Waals surface area (Å²) in [6.45, 7) is 0. The molecule has 0 aromatic heterocycles. The van der Waals surface area contributed by atoms with E-state index in [9.17, 15) is 14.4 Å². The molecule has 6 nitrogen and oxygen atoms in total. The third-order valence-corrected chi connectivity index (χ3v) is 6.25. The third kappa shape index (κ3) is 2.24. The molecule has 0 radical (unpaired) electrons. The summed E-state index contributed by atoms with van der Waals surface area (Å²) in [7, 11) is 0. The Bertz CT molecular complexity index is 633. The van der Waals surface area contributed by atoms with Crippen molar-refractivity contribution in [2.24, 2.45) is 0 Å². The summed E-state index contributed by atoms with van der Waals surface area (Å²) in [4.78, 5) is 35.1. The second-order valence-corrected chi connectivity index (χ2v) is 6.49. The van der Waals surface area contributed by atoms with Crippen LogP contribution < -0.4 is 0 Å². The van der Waals surface area contributed by atoms with E-state index in [0.29, 0.717) is 22.5 Å². The van der Waals surface area contributed by atoms with Crippen LogP contribution >= 0.6 is 63.9 Å². The molecule has 0 saturated heterocycles. The summed E-state index contributed by atoms with van der Waals surface area (Å²) in [6.07, 6.45) is -1.48. The number of rotatable bonds is 1. The van der Waals surface area contributed by atoms with Crippen LogP contribution in [-0.2, 0) is 0 Å². The van der Waals surface area contributed by atoms with E-state index in [2.05, 4.69) is 63.9 Å². The summed E-state index contributed by atoms with van der Waals surface area (Å²) in [5.41, 5.74) is 0.212. The van der Waals surface area contributed by atoms with Gasteiger partial charge in [-0.3, -0.25) is 9.59 Å². The Labute approximate surface area is 140 Å². The lowest BCUT2D eigenvalue weighted by molar-refractivity contribution is 0.0384. The van der Waals surface area contributed by atoms with Gasteiger partial charge in [0.15, 0.2) is 0 Å². The number of imide groups is 1. The highest BCUT2D eigenvalue weighted by atomic mass is 79.9. The third-order valence-electron chi connectivity index (χ3n) is 2.32. The van der Waals surface area contributed by atoms with Crippen molar-refractivity contribution in [1.82, 2.24) is 9.04 Å². The zero-order valence-corrected chi connectivity index (χ0v) is 15.0. The number of halogens is 4. The van der Waals surface area contributed by atoms with Gasteiger partial charge in [0.2, 0.25) is 0 Å². The summed E-state index contributed by atoms with van der Waals surface area (Å²) < 4.78 is 1.87. The summed E-state index contributed by atoms with van der Waals surface area (Å²) in [5.74, 6) is -1.47. The van der Waals surface area contributed by atoms with E-state index in [-0.39, 0.29) is 11.1 Å². The molecule has 3 amide bonds. The van der Waals surface area contributed by atoms with Crippen LogP contribution in [0.2, 0.25) is 0 Å². The molecule has 0 bridgehead atoms. The van der Waals surface area contributed by atoms with Crippen molar-refractivity contribution in [1.29, 1.82) is 0 Å². The molecule has 0 fully saturated rings. The molecule has 1 aromatic rings. The molecule has 2 rings (SSSR count). The molecule has 1 aliphatic heterocycles. The van der Waals surface area contributed by atoms with Gasteiger partial charge in [-0.15, -0.1) is 4.03 Å². The Hall–Kier alpha value is -0.450. The number of hydrogen-bond acceptors (Lipinski definition) is 3. The van der Waals surface area contributed by atoms with Gasteiger partial charge in [-0.05, 0) is 53.9 Å². The first kappa shape index (κ1) is 14.9. The van der Waals surface area contributed by atoms with Gasteiger partial charge in [0.05, 0.1) is 27.3 Å². The predicted octanol–water partition coefficient (Wildman–Crippen LogP) is 3.78. The Balaban J connectivity index is 2.63. The Kier molecular flexibility index (Phi) is 4.05. The lowest BCUT2D eigenvalue weighted by Crippen LogP contribution is -2.43. The van der Waals surface area contributed by atoms with Gasteiger partial charge in [0.25, 0.3) is 11.8 Å². The van der Waals surface area contributed by atoms with Crippen LogP contribution in [0.25, 0.3) is 0 Å². The van der Waals surface area contributed by atoms with Crippen LogP contribution in [-0.4, -0.2) is 32.1 Å². The molecule has 0 unspecified atom stereocenters. The van der Waals surface area contributed by atoms with E-state index in [1.165, 1.54) is 6.07 Å². The summed E-state index contributed by atoms with van der Waals surface area (Å²) in [6, 6.07) is 1.45. The number of amides is 3. The first-order chi connectivity index (χ1) is 8.77. The molecule has 0 spiro atoms. The number of carbonyl (C=O) groups excluding carboxylic acids is 2. The fourth-order valence-corrected chi connectivity index (χ4v) is 3.42. The second-order valence-electron chi connectivity index (χ2n) is 3.37. The quantitative estimate of drug-likeness (QED) is 0.347. The normalized spacial score (nSPS) is 13.8. The van der Waals surface area contributed by atoms with E-state index in [0.717, 1.165) is 0 Å². The number of benzene rings is 1. The second kappa shape index (κ2) is 5.15. The van der Waals surface area contributed by atoms with Crippen LogP contribution in [0.15, 0.2) is 19.5 Å². The van der Waals surface area contributed by atoms with Crippen molar-refractivity contribution >= 4 is 81.8 Å². The average molecular weight is 522 g/mol. The minimum absolute atomic E-state index is 0.103. The van der Waals surface area contributed by atoms with Crippen LogP contribution in [0.3, 0.4) is 0 Å². The smallest absolute Gasteiger partial charge is 0.437 e. The van der Waals surface area contributed by atoms with Gasteiger partial charge in [-0.25, -0.2) is 4.79 Å². The highest BCUT2D eigenvalue weighted by Crippen LogP contribution is 2.40.